The van der Waals surface area contributed by atoms with Gasteiger partial charge in [0.25, 0.3) is 0 Å². The molecule has 0 saturated carbocycles. The third kappa shape index (κ3) is 2.42. The van der Waals surface area contributed by atoms with Crippen LogP contribution in [0.2, 0.25) is 0 Å². The van der Waals surface area contributed by atoms with Gasteiger partial charge in [0, 0.05) is 18.0 Å². The molecule has 112 valence electrons. The Labute approximate surface area is 122 Å². The minimum atomic E-state index is -3.09. The highest BCUT2D eigenvalue weighted by molar-refractivity contribution is 7.91. The molecule has 0 radical (unpaired) electrons. The van der Waals surface area contributed by atoms with Gasteiger partial charge in [0.1, 0.15) is 0 Å². The summed E-state index contributed by atoms with van der Waals surface area (Å²) in [5.74, 6) is -0.673. The van der Waals surface area contributed by atoms with E-state index >= 15 is 0 Å². The van der Waals surface area contributed by atoms with Gasteiger partial charge in [-0.2, -0.15) is 0 Å². The fraction of sp³-hybridized carbons (Fsp3) is 0.429. The highest BCUT2D eigenvalue weighted by Gasteiger charge is 2.49. The monoisotopic (exact) mass is 309 g/mol. The number of esters is 1. The van der Waals surface area contributed by atoms with E-state index in [1.807, 2.05) is 0 Å². The van der Waals surface area contributed by atoms with Gasteiger partial charge >= 0.3 is 5.97 Å². The average molecular weight is 309 g/mol. The topological polar surface area (TPSA) is 80.8 Å². The van der Waals surface area contributed by atoms with Gasteiger partial charge in [-0.05, 0) is 18.2 Å². The molecule has 6 nitrogen and oxygen atoms in total. The van der Waals surface area contributed by atoms with Crippen molar-refractivity contribution in [3.8, 4) is 0 Å². The molecule has 1 aromatic carbocycles. The molecule has 1 amide bonds. The highest BCUT2D eigenvalue weighted by Crippen LogP contribution is 2.37. The molecule has 7 heteroatoms. The van der Waals surface area contributed by atoms with E-state index in [0.29, 0.717) is 11.3 Å². The first-order valence-electron chi connectivity index (χ1n) is 6.62. The lowest BCUT2D eigenvalue weighted by atomic mass is 10.0. The fourth-order valence-corrected chi connectivity index (χ4v) is 5.20. The number of anilines is 1. The normalized spacial score (nSPS) is 26.7. The van der Waals surface area contributed by atoms with Crippen LogP contribution in [0.4, 0.5) is 5.69 Å². The minimum Gasteiger partial charge on any atom is -0.465 e. The number of ether oxygens (including phenoxy) is 1. The van der Waals surface area contributed by atoms with E-state index < -0.39 is 15.8 Å². The Hall–Kier alpha value is -1.89. The summed E-state index contributed by atoms with van der Waals surface area (Å²) in [6.07, 6.45) is 0.242. The molecule has 2 aliphatic rings. The largest absolute Gasteiger partial charge is 0.465 e. The number of methoxy groups -OCH3 is 1. The van der Waals surface area contributed by atoms with Gasteiger partial charge in [0.05, 0.1) is 30.2 Å². The van der Waals surface area contributed by atoms with Crippen molar-refractivity contribution in [1.82, 2.24) is 0 Å². The Bertz CT molecular complexity index is 712. The zero-order valence-electron chi connectivity index (χ0n) is 11.5. The van der Waals surface area contributed by atoms with Crippen molar-refractivity contribution < 1.29 is 22.7 Å². The molecule has 0 bridgehead atoms. The Balaban J connectivity index is 1.96. The van der Waals surface area contributed by atoms with Crippen molar-refractivity contribution in [2.24, 2.45) is 5.92 Å². The Morgan fingerprint density at radius 3 is 2.81 bits per heavy atom. The predicted octanol–water partition coefficient (Wildman–Crippen LogP) is 0.623. The van der Waals surface area contributed by atoms with Crippen LogP contribution in [0.25, 0.3) is 0 Å². The van der Waals surface area contributed by atoms with Crippen LogP contribution in [0, 0.1) is 5.92 Å². The van der Waals surface area contributed by atoms with E-state index in [9.17, 15) is 18.0 Å². The summed E-state index contributed by atoms with van der Waals surface area (Å²) in [4.78, 5) is 25.3. The molecule has 2 saturated heterocycles. The number of sulfone groups is 1. The molecule has 1 aromatic rings. The van der Waals surface area contributed by atoms with E-state index in [2.05, 4.69) is 4.74 Å². The number of nitrogens with zero attached hydrogens (tertiary/aromatic N) is 1. The van der Waals surface area contributed by atoms with Gasteiger partial charge in [-0.3, -0.25) is 4.79 Å². The second-order valence-electron chi connectivity index (χ2n) is 5.41. The Kier molecular flexibility index (Phi) is 3.24. The van der Waals surface area contributed by atoms with Crippen LogP contribution in [0.1, 0.15) is 16.8 Å². The van der Waals surface area contributed by atoms with Crippen molar-refractivity contribution in [3.63, 3.8) is 0 Å². The van der Waals surface area contributed by atoms with Crippen LogP contribution in [-0.4, -0.2) is 45.0 Å². The molecule has 0 aromatic heterocycles. The van der Waals surface area contributed by atoms with Crippen molar-refractivity contribution in [2.45, 2.75) is 12.5 Å². The maximum Gasteiger partial charge on any atom is 0.337 e. The Morgan fingerprint density at radius 2 is 2.10 bits per heavy atom. The van der Waals surface area contributed by atoms with Crippen LogP contribution in [-0.2, 0) is 19.4 Å². The number of hydrogen-bond donors (Lipinski definition) is 0. The van der Waals surface area contributed by atoms with E-state index in [0.717, 1.165) is 0 Å². The van der Waals surface area contributed by atoms with E-state index in [1.165, 1.54) is 12.0 Å². The molecule has 0 aliphatic carbocycles. The second-order valence-corrected chi connectivity index (χ2v) is 7.57. The van der Waals surface area contributed by atoms with Crippen LogP contribution < -0.4 is 4.90 Å². The van der Waals surface area contributed by atoms with E-state index in [4.69, 9.17) is 0 Å². The third-order valence-electron chi connectivity index (χ3n) is 4.02. The molecular weight excluding hydrogens is 294 g/mol. The number of rotatable bonds is 2. The second kappa shape index (κ2) is 4.84. The standard InChI is InChI=1S/C14H15NO5S/c1-20-14(17)9-3-2-4-11(5-9)15-12-8-21(18,19)7-10(12)6-13(15)16/h2-5,10,12H,6-8H2,1H3/t10-,12-/m1/s1. The SMILES string of the molecule is COC(=O)c1cccc(N2C(=O)C[C@@H]3CS(=O)(=O)C[C@H]32)c1. The molecule has 0 N–H and O–H groups in total. The smallest absolute Gasteiger partial charge is 0.337 e. The molecule has 2 fully saturated rings. The van der Waals surface area contributed by atoms with Crippen LogP contribution in [0.5, 0.6) is 0 Å². The summed E-state index contributed by atoms with van der Waals surface area (Å²) in [5.41, 5.74) is 0.889. The van der Waals surface area contributed by atoms with Gasteiger partial charge in [-0.15, -0.1) is 0 Å². The van der Waals surface area contributed by atoms with E-state index in [1.54, 1.807) is 24.3 Å². The molecule has 0 spiro atoms. The molecule has 2 atom stereocenters. The Morgan fingerprint density at radius 1 is 1.33 bits per heavy atom. The maximum atomic E-state index is 12.2. The number of benzene rings is 1. The highest BCUT2D eigenvalue weighted by atomic mass is 32.2. The van der Waals surface area contributed by atoms with Crippen molar-refractivity contribution in [3.05, 3.63) is 29.8 Å². The number of carbonyl (C=O) groups excluding carboxylic acids is 2. The molecule has 3 rings (SSSR count). The summed E-state index contributed by atoms with van der Waals surface area (Å²) < 4.78 is 28.1. The first kappa shape index (κ1) is 14.1. The van der Waals surface area contributed by atoms with Crippen LogP contribution in [0.15, 0.2) is 24.3 Å². The molecular formula is C14H15NO5S. The van der Waals surface area contributed by atoms with Gasteiger partial charge < -0.3 is 9.64 Å². The number of carbonyl (C=O) groups is 2. The fourth-order valence-electron chi connectivity index (χ4n) is 3.13. The molecule has 21 heavy (non-hydrogen) atoms. The summed E-state index contributed by atoms with van der Waals surface area (Å²) >= 11 is 0. The quantitative estimate of drug-likeness (QED) is 0.748. The van der Waals surface area contributed by atoms with Crippen molar-refractivity contribution in [2.75, 3.05) is 23.5 Å². The summed E-state index contributed by atoms with van der Waals surface area (Å²) in [6, 6.07) is 6.20. The predicted molar refractivity (Wildman–Crippen MR) is 75.8 cm³/mol. The molecule has 2 aliphatic heterocycles. The van der Waals surface area contributed by atoms with Gasteiger partial charge in [0.2, 0.25) is 5.91 Å². The third-order valence-corrected chi connectivity index (χ3v) is 5.80. The van der Waals surface area contributed by atoms with Crippen molar-refractivity contribution in [1.29, 1.82) is 0 Å². The van der Waals surface area contributed by atoms with Crippen LogP contribution in [0.3, 0.4) is 0 Å². The van der Waals surface area contributed by atoms with Gasteiger partial charge in [-0.25, -0.2) is 13.2 Å². The summed E-state index contributed by atoms with van der Waals surface area (Å²) in [5, 5.41) is 0. The number of fused-ring (bicyclic) bond motifs is 1. The molecule has 2 heterocycles. The first-order chi connectivity index (χ1) is 9.91. The lowest BCUT2D eigenvalue weighted by Crippen LogP contribution is -2.36. The zero-order valence-corrected chi connectivity index (χ0v) is 12.3. The zero-order chi connectivity index (χ0) is 15.2. The maximum absolute atomic E-state index is 12.2. The van der Waals surface area contributed by atoms with E-state index in [-0.39, 0.29) is 35.8 Å². The minimum absolute atomic E-state index is 0.00808. The molecule has 0 unspecified atom stereocenters. The first-order valence-corrected chi connectivity index (χ1v) is 8.44. The van der Waals surface area contributed by atoms with Crippen molar-refractivity contribution >= 4 is 27.4 Å². The average Bonchev–Trinajstić information content (AvgIpc) is 2.87. The summed E-state index contributed by atoms with van der Waals surface area (Å²) in [7, 11) is -1.80. The van der Waals surface area contributed by atoms with Gasteiger partial charge in [0.15, 0.2) is 9.84 Å². The summed E-state index contributed by atoms with van der Waals surface area (Å²) in [6.45, 7) is 0. The number of amides is 1. The number of hydrogen-bond acceptors (Lipinski definition) is 5. The lowest BCUT2D eigenvalue weighted by molar-refractivity contribution is -0.117. The van der Waals surface area contributed by atoms with Gasteiger partial charge in [-0.1, -0.05) is 6.07 Å². The lowest BCUT2D eigenvalue weighted by Gasteiger charge is -2.23. The van der Waals surface area contributed by atoms with Crippen LogP contribution >= 0.6 is 0 Å².